The predicted octanol–water partition coefficient (Wildman–Crippen LogP) is 1.09. The molecule has 0 unspecified atom stereocenters. The fourth-order valence-corrected chi connectivity index (χ4v) is 1.18. The summed E-state index contributed by atoms with van der Waals surface area (Å²) < 4.78 is 1.63. The van der Waals surface area contributed by atoms with Gasteiger partial charge in [0.05, 0.1) is 6.20 Å². The molecule has 0 fully saturated rings. The number of nitrogens with zero attached hydrogens (tertiary/aromatic N) is 4. The van der Waals surface area contributed by atoms with Crippen LogP contribution < -0.4 is 0 Å². The van der Waals surface area contributed by atoms with Crippen molar-refractivity contribution >= 4 is 17.2 Å². The van der Waals surface area contributed by atoms with Crippen LogP contribution in [-0.2, 0) is 0 Å². The van der Waals surface area contributed by atoms with Crippen LogP contribution in [0.4, 0.5) is 0 Å². The van der Waals surface area contributed by atoms with Crippen molar-refractivity contribution in [2.75, 3.05) is 0 Å². The van der Waals surface area contributed by atoms with Crippen molar-refractivity contribution in [3.8, 4) is 0 Å². The maximum absolute atomic E-state index is 5.70. The first-order valence-corrected chi connectivity index (χ1v) is 3.49. The van der Waals surface area contributed by atoms with Gasteiger partial charge in [-0.2, -0.15) is 4.52 Å². The van der Waals surface area contributed by atoms with E-state index in [1.807, 2.05) is 6.92 Å². The van der Waals surface area contributed by atoms with Crippen LogP contribution in [0.3, 0.4) is 0 Å². The fraction of sp³-hybridized carbons (Fsp3) is 0.167. The second-order valence-electron chi connectivity index (χ2n) is 2.22. The Morgan fingerprint density at radius 2 is 2.36 bits per heavy atom. The Kier molecular flexibility index (Phi) is 1.29. The summed E-state index contributed by atoms with van der Waals surface area (Å²) in [6, 6.07) is 1.74. The molecular weight excluding hydrogens is 164 g/mol. The van der Waals surface area contributed by atoms with Gasteiger partial charge in [0.2, 0.25) is 0 Å². The average molecular weight is 169 g/mol. The Balaban J connectivity index is 2.91. The Hall–Kier alpha value is -1.16. The van der Waals surface area contributed by atoms with E-state index < -0.39 is 0 Å². The van der Waals surface area contributed by atoms with Crippen molar-refractivity contribution in [1.82, 2.24) is 19.8 Å². The quantitative estimate of drug-likeness (QED) is 0.553. The highest BCUT2D eigenvalue weighted by Crippen LogP contribution is 2.08. The molecule has 0 atom stereocenters. The molecule has 2 aromatic heterocycles. The molecule has 4 nitrogen and oxygen atoms in total. The van der Waals surface area contributed by atoms with E-state index in [4.69, 9.17) is 11.6 Å². The highest BCUT2D eigenvalue weighted by Gasteiger charge is 2.00. The fourth-order valence-electron chi connectivity index (χ4n) is 0.932. The molecule has 0 radical (unpaired) electrons. The summed E-state index contributed by atoms with van der Waals surface area (Å²) in [5.41, 5.74) is 1.60. The topological polar surface area (TPSA) is 43.1 Å². The first-order chi connectivity index (χ1) is 5.27. The Morgan fingerprint density at radius 3 is 3.18 bits per heavy atom. The summed E-state index contributed by atoms with van der Waals surface area (Å²) in [7, 11) is 0. The Morgan fingerprint density at radius 1 is 1.55 bits per heavy atom. The summed E-state index contributed by atoms with van der Waals surface area (Å²) in [6.07, 6.45) is 1.57. The van der Waals surface area contributed by atoms with E-state index in [0.717, 1.165) is 5.69 Å². The molecule has 2 heterocycles. The number of hydrogen-bond acceptors (Lipinski definition) is 3. The van der Waals surface area contributed by atoms with Gasteiger partial charge in [0.1, 0.15) is 5.15 Å². The predicted molar refractivity (Wildman–Crippen MR) is 40.5 cm³/mol. The van der Waals surface area contributed by atoms with Gasteiger partial charge in [0, 0.05) is 5.69 Å². The molecule has 0 saturated carbocycles. The highest BCUT2D eigenvalue weighted by atomic mass is 35.5. The standard InChI is InChI=1S/C6H5ClN4/c1-4-2-5(7)9-6-3-8-10-11(4)6/h2-3H,1H3. The third-order valence-electron chi connectivity index (χ3n) is 1.41. The molecule has 0 aliphatic heterocycles. The number of aromatic nitrogens is 4. The summed E-state index contributed by atoms with van der Waals surface area (Å²) in [6.45, 7) is 1.90. The average Bonchev–Trinajstić information content (AvgIpc) is 2.34. The summed E-state index contributed by atoms with van der Waals surface area (Å²) in [5, 5.41) is 7.97. The van der Waals surface area contributed by atoms with Gasteiger partial charge in [-0.05, 0) is 13.0 Å². The molecule has 0 aromatic carbocycles. The van der Waals surface area contributed by atoms with E-state index >= 15 is 0 Å². The normalized spacial score (nSPS) is 10.7. The SMILES string of the molecule is Cc1cc(Cl)nc2cnnn12. The van der Waals surface area contributed by atoms with E-state index in [1.165, 1.54) is 0 Å². The zero-order chi connectivity index (χ0) is 7.84. The van der Waals surface area contributed by atoms with E-state index in [2.05, 4.69) is 15.3 Å². The van der Waals surface area contributed by atoms with Gasteiger partial charge >= 0.3 is 0 Å². The maximum Gasteiger partial charge on any atom is 0.177 e. The van der Waals surface area contributed by atoms with Gasteiger partial charge in [0.25, 0.3) is 0 Å². The van der Waals surface area contributed by atoms with Gasteiger partial charge in [-0.25, -0.2) is 4.98 Å². The lowest BCUT2D eigenvalue weighted by atomic mass is 10.4. The number of fused-ring (bicyclic) bond motifs is 1. The first-order valence-electron chi connectivity index (χ1n) is 3.11. The van der Waals surface area contributed by atoms with Gasteiger partial charge in [-0.3, -0.25) is 0 Å². The zero-order valence-corrected chi connectivity index (χ0v) is 6.58. The minimum Gasteiger partial charge on any atom is -0.215 e. The molecule has 11 heavy (non-hydrogen) atoms. The first kappa shape index (κ1) is 6.54. The van der Waals surface area contributed by atoms with Gasteiger partial charge in [-0.15, -0.1) is 5.10 Å². The van der Waals surface area contributed by atoms with Gasteiger partial charge in [-0.1, -0.05) is 16.8 Å². The largest absolute Gasteiger partial charge is 0.215 e. The lowest BCUT2D eigenvalue weighted by molar-refractivity contribution is 0.819. The molecule has 2 aromatic rings. The van der Waals surface area contributed by atoms with Crippen LogP contribution >= 0.6 is 11.6 Å². The molecule has 5 heteroatoms. The van der Waals surface area contributed by atoms with Crippen molar-refractivity contribution in [3.05, 3.63) is 23.1 Å². The van der Waals surface area contributed by atoms with Crippen LogP contribution in [0.25, 0.3) is 5.65 Å². The Labute approximate surface area is 67.8 Å². The molecule has 0 spiro atoms. The number of rotatable bonds is 0. The molecule has 0 aliphatic rings. The van der Waals surface area contributed by atoms with Crippen LogP contribution in [0.1, 0.15) is 5.69 Å². The molecule has 0 aliphatic carbocycles. The van der Waals surface area contributed by atoms with Crippen LogP contribution in [0.2, 0.25) is 5.15 Å². The van der Waals surface area contributed by atoms with E-state index in [0.29, 0.717) is 10.8 Å². The number of halogens is 1. The highest BCUT2D eigenvalue weighted by molar-refractivity contribution is 6.29. The third-order valence-corrected chi connectivity index (χ3v) is 1.61. The minimum absolute atomic E-state index is 0.470. The minimum atomic E-state index is 0.470. The van der Waals surface area contributed by atoms with Crippen LogP contribution in [0.15, 0.2) is 12.3 Å². The van der Waals surface area contributed by atoms with Crippen LogP contribution in [0, 0.1) is 6.92 Å². The van der Waals surface area contributed by atoms with Crippen molar-refractivity contribution in [3.63, 3.8) is 0 Å². The lowest BCUT2D eigenvalue weighted by Crippen LogP contribution is -1.95. The molecule has 0 amide bonds. The molecule has 56 valence electrons. The van der Waals surface area contributed by atoms with E-state index in [1.54, 1.807) is 16.8 Å². The third kappa shape index (κ3) is 0.952. The maximum atomic E-state index is 5.70. The summed E-state index contributed by atoms with van der Waals surface area (Å²) in [4.78, 5) is 4.00. The van der Waals surface area contributed by atoms with Crippen molar-refractivity contribution in [2.24, 2.45) is 0 Å². The molecule has 0 N–H and O–H groups in total. The van der Waals surface area contributed by atoms with E-state index in [9.17, 15) is 0 Å². The lowest BCUT2D eigenvalue weighted by Gasteiger charge is -1.95. The van der Waals surface area contributed by atoms with Gasteiger partial charge < -0.3 is 0 Å². The molecule has 0 bridgehead atoms. The summed E-state index contributed by atoms with van der Waals surface area (Å²) in [5.74, 6) is 0. The number of hydrogen-bond donors (Lipinski definition) is 0. The summed E-state index contributed by atoms with van der Waals surface area (Å²) >= 11 is 5.70. The molecule has 0 saturated heterocycles. The molecule has 2 rings (SSSR count). The van der Waals surface area contributed by atoms with Crippen molar-refractivity contribution in [1.29, 1.82) is 0 Å². The zero-order valence-electron chi connectivity index (χ0n) is 5.82. The smallest absolute Gasteiger partial charge is 0.177 e. The second-order valence-corrected chi connectivity index (χ2v) is 2.61. The van der Waals surface area contributed by atoms with Crippen LogP contribution in [-0.4, -0.2) is 19.8 Å². The number of aryl methyl sites for hydroxylation is 1. The van der Waals surface area contributed by atoms with E-state index in [-0.39, 0.29) is 0 Å². The molecular formula is C6H5ClN4. The second kappa shape index (κ2) is 2.17. The van der Waals surface area contributed by atoms with Crippen molar-refractivity contribution in [2.45, 2.75) is 6.92 Å². The monoisotopic (exact) mass is 168 g/mol. The Bertz CT molecular complexity index is 394. The van der Waals surface area contributed by atoms with Crippen molar-refractivity contribution < 1.29 is 0 Å². The van der Waals surface area contributed by atoms with Gasteiger partial charge in [0.15, 0.2) is 5.65 Å². The van der Waals surface area contributed by atoms with Crippen LogP contribution in [0.5, 0.6) is 0 Å².